The summed E-state index contributed by atoms with van der Waals surface area (Å²) < 4.78 is 50.1. The maximum atomic E-state index is 8.52. The van der Waals surface area contributed by atoms with Gasteiger partial charge in [-0.1, -0.05) is 13.7 Å². The molecule has 0 aliphatic heterocycles. The van der Waals surface area contributed by atoms with Gasteiger partial charge in [0, 0.05) is 22.2 Å². The Morgan fingerprint density at radius 2 is 2.44 bits per heavy atom. The fourth-order valence-electron chi connectivity index (χ4n) is 0.450. The van der Waals surface area contributed by atoms with Crippen LogP contribution in [0.4, 0.5) is 0 Å². The van der Waals surface area contributed by atoms with Gasteiger partial charge in [0.1, 0.15) is 0 Å². The molecule has 0 amide bonds. The highest BCUT2D eigenvalue weighted by Gasteiger charge is 1.89. The van der Waals surface area contributed by atoms with E-state index in [1.165, 1.54) is 0 Å². The van der Waals surface area contributed by atoms with Crippen molar-refractivity contribution in [1.29, 1.82) is 0 Å². The van der Waals surface area contributed by atoms with E-state index in [9.17, 15) is 0 Å². The number of hydrogen-bond donors (Lipinski definition) is 2. The lowest BCUT2D eigenvalue weighted by atomic mass is 10.3. The molecule has 0 bridgehead atoms. The molecular weight excluding hydrogens is 114 g/mol. The molecule has 0 atom stereocenters. The van der Waals surface area contributed by atoms with Crippen molar-refractivity contribution in [2.75, 3.05) is 13.2 Å². The minimum Gasteiger partial charge on any atom is -0.396 e. The van der Waals surface area contributed by atoms with Crippen molar-refractivity contribution in [2.24, 2.45) is 0 Å². The first kappa shape index (κ1) is 2.51. The molecule has 0 heterocycles. The van der Waals surface area contributed by atoms with Gasteiger partial charge in [0.15, 0.2) is 0 Å². The second kappa shape index (κ2) is 6.05. The molecule has 0 saturated carbocycles. The summed E-state index contributed by atoms with van der Waals surface area (Å²) in [5.41, 5.74) is 0. The van der Waals surface area contributed by atoms with Crippen molar-refractivity contribution < 1.29 is 14.7 Å². The van der Waals surface area contributed by atoms with E-state index >= 15 is 0 Å². The number of unbranched alkanes of at least 4 members (excludes halogenated alkanes) is 1. The van der Waals surface area contributed by atoms with Crippen LogP contribution >= 0.6 is 0 Å². The Balaban J connectivity index is 4.59. The van der Waals surface area contributed by atoms with Crippen LogP contribution in [0.3, 0.4) is 0 Å². The number of nitrogens with one attached hydrogen (secondary N) is 1. The smallest absolute Gasteiger partial charge is 0.0459 e. The van der Waals surface area contributed by atoms with E-state index < -0.39 is 19.7 Å². The number of aliphatic hydroxyl groups excluding tert-OH is 1. The van der Waals surface area contributed by atoms with E-state index in [1.807, 2.05) is 0 Å². The Labute approximate surface area is 67.1 Å². The normalized spacial score (nSPS) is 26.1. The minimum atomic E-state index is -2.93. The molecule has 0 rings (SSSR count). The van der Waals surface area contributed by atoms with E-state index in [0.717, 1.165) is 0 Å². The predicted octanol–water partition coefficient (Wildman–Crippen LogP) is 0.757. The molecule has 0 spiro atoms. The van der Waals surface area contributed by atoms with E-state index in [2.05, 4.69) is 5.32 Å². The Hall–Kier alpha value is -0.0800. The first-order valence-corrected chi connectivity index (χ1v) is 2.92. The van der Waals surface area contributed by atoms with Crippen LogP contribution in [0.1, 0.15) is 36.1 Å². The highest BCUT2D eigenvalue weighted by molar-refractivity contribution is 4.51. The quantitative estimate of drug-likeness (QED) is 0.550. The zero-order chi connectivity index (χ0) is 13.0. The first-order chi connectivity index (χ1) is 7.06. The third-order valence-electron chi connectivity index (χ3n) is 0.887. The van der Waals surface area contributed by atoms with Crippen LogP contribution in [0, 0.1) is 0 Å². The molecule has 0 saturated heterocycles. The highest BCUT2D eigenvalue weighted by atomic mass is 16.2. The van der Waals surface area contributed by atoms with E-state index in [1.54, 1.807) is 0 Å². The third-order valence-corrected chi connectivity index (χ3v) is 0.887. The van der Waals surface area contributed by atoms with Crippen molar-refractivity contribution in [3.05, 3.63) is 0 Å². The molecule has 9 heavy (non-hydrogen) atoms. The predicted molar refractivity (Wildman–Crippen MR) is 39.5 cm³/mol. The average Bonchev–Trinajstić information content (AvgIpc) is 2.08. The van der Waals surface area contributed by atoms with Gasteiger partial charge in [0.25, 0.3) is 0 Å². The van der Waals surface area contributed by atoms with Crippen LogP contribution in [0.2, 0.25) is 0 Å². The van der Waals surface area contributed by atoms with Gasteiger partial charge < -0.3 is 10.4 Å². The summed E-state index contributed by atoms with van der Waals surface area (Å²) >= 11 is 0. The minimum absolute atomic E-state index is 0.0474. The summed E-state index contributed by atoms with van der Waals surface area (Å²) in [6.45, 7) is -5.84. The molecule has 2 nitrogen and oxygen atoms in total. The van der Waals surface area contributed by atoms with Crippen LogP contribution in [0.15, 0.2) is 0 Å². The summed E-state index contributed by atoms with van der Waals surface area (Å²) in [7, 11) is 0. The molecule has 56 valence electrons. The van der Waals surface area contributed by atoms with Crippen molar-refractivity contribution >= 4 is 0 Å². The lowest BCUT2D eigenvalue weighted by Gasteiger charge is -2.05. The molecule has 0 unspecified atom stereocenters. The van der Waals surface area contributed by atoms with Crippen molar-refractivity contribution in [2.45, 2.75) is 32.6 Å². The first-order valence-electron chi connectivity index (χ1n) is 6.42. The van der Waals surface area contributed by atoms with Gasteiger partial charge in [-0.05, 0) is 19.4 Å². The zero-order valence-corrected chi connectivity index (χ0v) is 5.28. The third kappa shape index (κ3) is 7.92. The number of rotatable bonds is 5. The molecule has 0 aliphatic rings. The Morgan fingerprint density at radius 3 is 3.00 bits per heavy atom. The van der Waals surface area contributed by atoms with Gasteiger partial charge in [0.2, 0.25) is 0 Å². The van der Waals surface area contributed by atoms with Crippen LogP contribution < -0.4 is 5.32 Å². The Kier molecular flexibility index (Phi) is 1.69. The van der Waals surface area contributed by atoms with Gasteiger partial charge in [-0.25, -0.2) is 0 Å². The van der Waals surface area contributed by atoms with Crippen molar-refractivity contribution in [1.82, 2.24) is 5.32 Å². The zero-order valence-electron chi connectivity index (χ0n) is 12.3. The largest absolute Gasteiger partial charge is 0.396 e. The fourth-order valence-corrected chi connectivity index (χ4v) is 0.450. The van der Waals surface area contributed by atoms with Gasteiger partial charge >= 0.3 is 0 Å². The van der Waals surface area contributed by atoms with Gasteiger partial charge in [-0.2, -0.15) is 0 Å². The lowest BCUT2D eigenvalue weighted by molar-refractivity contribution is 0.283. The van der Waals surface area contributed by atoms with Crippen LogP contribution in [-0.4, -0.2) is 24.3 Å². The summed E-state index contributed by atoms with van der Waals surface area (Å²) in [5, 5.41) is 10.8. The van der Waals surface area contributed by atoms with Crippen LogP contribution in [0.5, 0.6) is 0 Å². The summed E-state index contributed by atoms with van der Waals surface area (Å²) in [4.78, 5) is 0. The number of hydrogen-bond acceptors (Lipinski definition) is 2. The van der Waals surface area contributed by atoms with Crippen molar-refractivity contribution in [3.63, 3.8) is 0 Å². The molecule has 2 heteroatoms. The highest BCUT2D eigenvalue weighted by Crippen LogP contribution is 1.85. The van der Waals surface area contributed by atoms with E-state index in [4.69, 9.17) is 14.7 Å². The molecule has 0 aromatic carbocycles. The SMILES string of the molecule is [2H]C([2H])([2H])C([2H])(NCCCCO)C([2H])([2H])[2H]. The molecule has 0 aromatic rings. The van der Waals surface area contributed by atoms with Gasteiger partial charge in [-0.15, -0.1) is 0 Å². The summed E-state index contributed by atoms with van der Waals surface area (Å²) in [6.07, 6.45) is 0.856. The second-order valence-electron chi connectivity index (χ2n) is 1.73. The molecule has 0 aromatic heterocycles. The van der Waals surface area contributed by atoms with Crippen LogP contribution in [-0.2, 0) is 0 Å². The molecule has 0 aliphatic carbocycles. The summed E-state index contributed by atoms with van der Waals surface area (Å²) in [5.74, 6) is 0. The maximum Gasteiger partial charge on any atom is 0.0459 e. The molecule has 0 fully saturated rings. The number of aliphatic hydroxyl groups is 1. The fraction of sp³-hybridized carbons (Fsp3) is 1.00. The van der Waals surface area contributed by atoms with E-state index in [-0.39, 0.29) is 13.2 Å². The monoisotopic (exact) mass is 138 g/mol. The Bertz CT molecular complexity index is 198. The van der Waals surface area contributed by atoms with E-state index in [0.29, 0.717) is 12.8 Å². The van der Waals surface area contributed by atoms with Gasteiger partial charge in [0.05, 0.1) is 0 Å². The van der Waals surface area contributed by atoms with Gasteiger partial charge in [-0.3, -0.25) is 0 Å². The lowest BCUT2D eigenvalue weighted by Crippen LogP contribution is -2.23. The average molecular weight is 138 g/mol. The summed E-state index contributed by atoms with van der Waals surface area (Å²) in [6, 6.07) is -2.66. The Morgan fingerprint density at radius 1 is 1.67 bits per heavy atom. The standard InChI is InChI=1S/C7H17NO/c1-7(2)8-5-3-4-6-9/h7-9H,3-6H2,1-2H3/i1D3,2D3,7D. The second-order valence-corrected chi connectivity index (χ2v) is 1.73. The molecule has 0 radical (unpaired) electrons. The maximum absolute atomic E-state index is 8.52. The van der Waals surface area contributed by atoms with Crippen LogP contribution in [0.25, 0.3) is 0 Å². The van der Waals surface area contributed by atoms with Crippen molar-refractivity contribution in [3.8, 4) is 0 Å². The molecular formula is C7H17NO. The topological polar surface area (TPSA) is 32.3 Å². The molecule has 2 N–H and O–H groups in total.